The van der Waals surface area contributed by atoms with Gasteiger partial charge in [0.1, 0.15) is 5.82 Å². The standard InChI is InChI=1S/C11H12BrN3O2/c12-7-5-8-11(13-6-7)15-9(14-8)3-1-2-4-10(16)17/h5-6H,1-4H2,(H,16,17)(H,13,14,15). The summed E-state index contributed by atoms with van der Waals surface area (Å²) in [6.07, 6.45) is 4.15. The first-order chi connectivity index (χ1) is 8.15. The number of halogens is 1. The van der Waals surface area contributed by atoms with Crippen LogP contribution in [0.4, 0.5) is 0 Å². The fourth-order valence-electron chi connectivity index (χ4n) is 1.61. The van der Waals surface area contributed by atoms with Crippen molar-refractivity contribution in [2.24, 2.45) is 0 Å². The number of unbranched alkanes of at least 4 members (excludes halogenated alkanes) is 1. The van der Waals surface area contributed by atoms with E-state index in [1.165, 1.54) is 0 Å². The van der Waals surface area contributed by atoms with Crippen LogP contribution in [0.5, 0.6) is 0 Å². The Balaban J connectivity index is 1.97. The molecule has 0 aliphatic heterocycles. The molecule has 2 aromatic heterocycles. The maximum atomic E-state index is 10.4. The van der Waals surface area contributed by atoms with Crippen LogP contribution < -0.4 is 0 Å². The molecular weight excluding hydrogens is 286 g/mol. The average Bonchev–Trinajstić information content (AvgIpc) is 2.66. The van der Waals surface area contributed by atoms with Crippen molar-refractivity contribution in [2.75, 3.05) is 0 Å². The van der Waals surface area contributed by atoms with Crippen LogP contribution in [0.3, 0.4) is 0 Å². The van der Waals surface area contributed by atoms with E-state index in [0.29, 0.717) is 12.1 Å². The number of carboxylic acids is 1. The van der Waals surface area contributed by atoms with Crippen molar-refractivity contribution in [1.82, 2.24) is 15.0 Å². The molecule has 0 amide bonds. The Labute approximate surface area is 106 Å². The number of fused-ring (bicyclic) bond motifs is 1. The first kappa shape index (κ1) is 12.0. The zero-order chi connectivity index (χ0) is 12.3. The van der Waals surface area contributed by atoms with Gasteiger partial charge in [0.15, 0.2) is 5.65 Å². The van der Waals surface area contributed by atoms with Gasteiger partial charge in [-0.1, -0.05) is 0 Å². The van der Waals surface area contributed by atoms with Gasteiger partial charge < -0.3 is 10.1 Å². The normalized spacial score (nSPS) is 10.9. The van der Waals surface area contributed by atoms with Gasteiger partial charge in [0.05, 0.1) is 5.52 Å². The molecular formula is C11H12BrN3O2. The van der Waals surface area contributed by atoms with Crippen molar-refractivity contribution in [2.45, 2.75) is 25.7 Å². The molecule has 2 heterocycles. The molecule has 0 bridgehead atoms. The summed E-state index contributed by atoms with van der Waals surface area (Å²) in [6, 6.07) is 1.93. The van der Waals surface area contributed by atoms with Gasteiger partial charge in [0.2, 0.25) is 0 Å². The highest BCUT2D eigenvalue weighted by Gasteiger charge is 2.04. The number of pyridine rings is 1. The third-order valence-electron chi connectivity index (χ3n) is 2.41. The molecule has 6 heteroatoms. The van der Waals surface area contributed by atoms with Gasteiger partial charge in [-0.05, 0) is 34.8 Å². The van der Waals surface area contributed by atoms with Crippen molar-refractivity contribution < 1.29 is 9.90 Å². The van der Waals surface area contributed by atoms with E-state index < -0.39 is 5.97 Å². The summed E-state index contributed by atoms with van der Waals surface area (Å²) in [5.74, 6) is 0.108. The van der Waals surface area contributed by atoms with Crippen LogP contribution in [-0.4, -0.2) is 26.0 Å². The van der Waals surface area contributed by atoms with Gasteiger partial charge in [0.25, 0.3) is 0 Å². The van der Waals surface area contributed by atoms with Crippen LogP contribution in [0.2, 0.25) is 0 Å². The third-order valence-corrected chi connectivity index (χ3v) is 2.84. The van der Waals surface area contributed by atoms with E-state index in [1.807, 2.05) is 6.07 Å². The number of carbonyl (C=O) groups is 1. The van der Waals surface area contributed by atoms with Crippen LogP contribution in [0, 0.1) is 0 Å². The lowest BCUT2D eigenvalue weighted by Gasteiger charge is -1.94. The largest absolute Gasteiger partial charge is 0.481 e. The number of carboxylic acid groups (broad SMARTS) is 1. The number of nitrogens with one attached hydrogen (secondary N) is 1. The van der Waals surface area contributed by atoms with E-state index in [2.05, 4.69) is 30.9 Å². The Kier molecular flexibility index (Phi) is 3.73. The van der Waals surface area contributed by atoms with Crippen LogP contribution in [-0.2, 0) is 11.2 Å². The number of hydrogen-bond acceptors (Lipinski definition) is 3. The third kappa shape index (κ3) is 3.26. The highest BCUT2D eigenvalue weighted by atomic mass is 79.9. The minimum Gasteiger partial charge on any atom is -0.481 e. The molecule has 0 aliphatic rings. The predicted octanol–water partition coefficient (Wildman–Crippen LogP) is 2.52. The maximum Gasteiger partial charge on any atom is 0.303 e. The molecule has 0 saturated carbocycles. The van der Waals surface area contributed by atoms with E-state index in [9.17, 15) is 4.79 Å². The number of hydrogen-bond donors (Lipinski definition) is 2. The molecule has 0 radical (unpaired) electrons. The highest BCUT2D eigenvalue weighted by Crippen LogP contribution is 2.15. The Morgan fingerprint density at radius 1 is 1.47 bits per heavy atom. The summed E-state index contributed by atoms with van der Waals surface area (Å²) >= 11 is 3.35. The van der Waals surface area contributed by atoms with Gasteiger partial charge >= 0.3 is 5.97 Å². The van der Waals surface area contributed by atoms with Gasteiger partial charge in [-0.25, -0.2) is 9.97 Å². The summed E-state index contributed by atoms with van der Waals surface area (Å²) in [6.45, 7) is 0. The molecule has 2 rings (SSSR count). The van der Waals surface area contributed by atoms with Crippen LogP contribution in [0.1, 0.15) is 25.1 Å². The van der Waals surface area contributed by atoms with E-state index >= 15 is 0 Å². The Hall–Kier alpha value is -1.43. The van der Waals surface area contributed by atoms with Gasteiger partial charge in [-0.15, -0.1) is 0 Å². The first-order valence-corrected chi connectivity index (χ1v) is 6.16. The maximum absolute atomic E-state index is 10.4. The lowest BCUT2D eigenvalue weighted by molar-refractivity contribution is -0.137. The zero-order valence-electron chi connectivity index (χ0n) is 9.11. The van der Waals surface area contributed by atoms with Crippen LogP contribution in [0.15, 0.2) is 16.7 Å². The lowest BCUT2D eigenvalue weighted by atomic mass is 10.2. The van der Waals surface area contributed by atoms with Crippen LogP contribution >= 0.6 is 15.9 Å². The number of nitrogens with zero attached hydrogens (tertiary/aromatic N) is 2. The fraction of sp³-hybridized carbons (Fsp3) is 0.364. The van der Waals surface area contributed by atoms with Crippen molar-refractivity contribution in [1.29, 1.82) is 0 Å². The summed E-state index contributed by atoms with van der Waals surface area (Å²) in [5, 5.41) is 8.52. The number of aromatic nitrogens is 3. The second kappa shape index (κ2) is 5.27. The predicted molar refractivity (Wildman–Crippen MR) is 66.8 cm³/mol. The topological polar surface area (TPSA) is 78.9 Å². The Bertz CT molecular complexity index is 538. The van der Waals surface area contributed by atoms with Gasteiger partial charge in [-0.2, -0.15) is 0 Å². The van der Waals surface area contributed by atoms with Crippen molar-refractivity contribution in [3.63, 3.8) is 0 Å². The molecule has 2 aromatic rings. The first-order valence-electron chi connectivity index (χ1n) is 5.37. The zero-order valence-corrected chi connectivity index (χ0v) is 10.7. The molecule has 0 fully saturated rings. The van der Waals surface area contributed by atoms with Crippen molar-refractivity contribution in [3.05, 3.63) is 22.6 Å². The Morgan fingerprint density at radius 3 is 3.06 bits per heavy atom. The monoisotopic (exact) mass is 297 g/mol. The summed E-state index contributed by atoms with van der Waals surface area (Å²) < 4.78 is 0.908. The second-order valence-corrected chi connectivity index (χ2v) is 4.72. The molecule has 0 spiro atoms. The Morgan fingerprint density at radius 2 is 2.29 bits per heavy atom. The second-order valence-electron chi connectivity index (χ2n) is 3.81. The number of aromatic amines is 1. The van der Waals surface area contributed by atoms with Gasteiger partial charge in [0, 0.05) is 23.5 Å². The summed E-state index contributed by atoms with van der Waals surface area (Å²) in [5.41, 5.74) is 1.59. The van der Waals surface area contributed by atoms with Crippen LogP contribution in [0.25, 0.3) is 11.2 Å². The molecule has 0 atom stereocenters. The number of H-pyrrole nitrogens is 1. The number of rotatable bonds is 5. The molecule has 0 saturated heterocycles. The van der Waals surface area contributed by atoms with E-state index in [4.69, 9.17) is 5.11 Å². The average molecular weight is 298 g/mol. The number of aryl methyl sites for hydroxylation is 1. The minimum absolute atomic E-state index is 0.212. The van der Waals surface area contributed by atoms with Crippen molar-refractivity contribution in [3.8, 4) is 0 Å². The molecule has 0 aliphatic carbocycles. The SMILES string of the molecule is O=C(O)CCCCc1nc2ncc(Br)cc2[nH]1. The lowest BCUT2D eigenvalue weighted by Crippen LogP contribution is -1.95. The number of imidazole rings is 1. The molecule has 90 valence electrons. The summed E-state index contributed by atoms with van der Waals surface area (Å²) in [7, 11) is 0. The van der Waals surface area contributed by atoms with E-state index in [-0.39, 0.29) is 6.42 Å². The smallest absolute Gasteiger partial charge is 0.303 e. The van der Waals surface area contributed by atoms with E-state index in [1.54, 1.807) is 6.20 Å². The van der Waals surface area contributed by atoms with E-state index in [0.717, 1.165) is 28.7 Å². The fourth-order valence-corrected chi connectivity index (χ4v) is 1.94. The summed E-state index contributed by atoms with van der Waals surface area (Å²) in [4.78, 5) is 22.0. The van der Waals surface area contributed by atoms with Gasteiger partial charge in [-0.3, -0.25) is 4.79 Å². The molecule has 0 aromatic carbocycles. The molecule has 2 N–H and O–H groups in total. The quantitative estimate of drug-likeness (QED) is 0.831. The highest BCUT2D eigenvalue weighted by molar-refractivity contribution is 9.10. The molecule has 0 unspecified atom stereocenters. The molecule has 17 heavy (non-hydrogen) atoms. The number of aliphatic carboxylic acids is 1. The minimum atomic E-state index is -0.750. The van der Waals surface area contributed by atoms with Crippen molar-refractivity contribution >= 4 is 33.1 Å². The molecule has 5 nitrogen and oxygen atoms in total.